The van der Waals surface area contributed by atoms with Gasteiger partial charge in [0.05, 0.1) is 0 Å². The number of hydrogen-bond acceptors (Lipinski definition) is 4. The molecule has 1 aliphatic carbocycles. The molecule has 0 unspecified atom stereocenters. The molecule has 0 aliphatic heterocycles. The lowest BCUT2D eigenvalue weighted by molar-refractivity contribution is 0.403. The Morgan fingerprint density at radius 2 is 0.600 bits per heavy atom. The van der Waals surface area contributed by atoms with E-state index in [0.29, 0.717) is 0 Å². The van der Waals surface area contributed by atoms with Gasteiger partial charge in [-0.3, -0.25) is 0 Å². The van der Waals surface area contributed by atoms with E-state index in [2.05, 4.69) is 0 Å². The van der Waals surface area contributed by atoms with Gasteiger partial charge in [-0.25, -0.2) is 0 Å². The summed E-state index contributed by atoms with van der Waals surface area (Å²) < 4.78 is 0. The van der Waals surface area contributed by atoms with Gasteiger partial charge in [0.25, 0.3) is 0 Å². The third-order valence-electron chi connectivity index (χ3n) is 3.25. The van der Waals surface area contributed by atoms with Crippen molar-refractivity contribution >= 4 is 24.3 Å². The highest BCUT2D eigenvalue weighted by molar-refractivity contribution is 5.70. The molecule has 100 valence electrons. The standard InChI is InChI=1S/C16H12O4/c17-13-5-9-1-2-10-6-14(18)16(20)8-12(10)4-3-11(9)7-15(13)19/h1-8,17-20H/b2-1?,4-3?,9-1-,10-2-,11-3-,12-4-. The van der Waals surface area contributed by atoms with Gasteiger partial charge < -0.3 is 20.4 Å². The van der Waals surface area contributed by atoms with Gasteiger partial charge >= 0.3 is 0 Å². The molecular weight excluding hydrogens is 256 g/mol. The maximum absolute atomic E-state index is 9.53. The molecule has 4 N–H and O–H groups in total. The van der Waals surface area contributed by atoms with E-state index in [0.717, 1.165) is 20.9 Å². The fourth-order valence-corrected chi connectivity index (χ4v) is 2.15. The van der Waals surface area contributed by atoms with Crippen molar-refractivity contribution < 1.29 is 20.4 Å². The van der Waals surface area contributed by atoms with E-state index in [-0.39, 0.29) is 23.0 Å². The molecule has 0 heterocycles. The molecule has 2 aromatic carbocycles. The van der Waals surface area contributed by atoms with Crippen molar-refractivity contribution in [2.45, 2.75) is 0 Å². The number of aromatic hydroxyl groups is 4. The van der Waals surface area contributed by atoms with Crippen LogP contribution in [0.2, 0.25) is 0 Å². The summed E-state index contributed by atoms with van der Waals surface area (Å²) in [4.78, 5) is 0. The average Bonchev–Trinajstić information content (AvgIpc) is 2.40. The lowest BCUT2D eigenvalue weighted by Gasteiger charge is -2.01. The van der Waals surface area contributed by atoms with Gasteiger partial charge in [0.15, 0.2) is 23.0 Å². The molecule has 0 bridgehead atoms. The van der Waals surface area contributed by atoms with Crippen LogP contribution in [-0.2, 0) is 0 Å². The Labute approximate surface area is 113 Å². The SMILES string of the molecule is Oc1cc2/c(cc1O)=C\C=c1\cc(O)c(O)c\c1=C\C=2. The fourth-order valence-electron chi connectivity index (χ4n) is 2.15. The summed E-state index contributed by atoms with van der Waals surface area (Å²) in [7, 11) is 0. The number of fused-ring (bicyclic) bond motifs is 2. The molecule has 0 atom stereocenters. The second-order valence-electron chi connectivity index (χ2n) is 4.61. The first-order valence-electron chi connectivity index (χ1n) is 6.03. The smallest absolute Gasteiger partial charge is 0.158 e. The van der Waals surface area contributed by atoms with Crippen LogP contribution in [0.15, 0.2) is 24.3 Å². The Bertz CT molecular complexity index is 782. The highest BCUT2D eigenvalue weighted by Gasteiger charge is 2.01. The van der Waals surface area contributed by atoms with E-state index < -0.39 is 0 Å². The molecule has 20 heavy (non-hydrogen) atoms. The summed E-state index contributed by atoms with van der Waals surface area (Å²) in [6, 6.07) is 5.88. The van der Waals surface area contributed by atoms with Crippen molar-refractivity contribution in [3.63, 3.8) is 0 Å². The van der Waals surface area contributed by atoms with Crippen molar-refractivity contribution in [1.29, 1.82) is 0 Å². The predicted molar refractivity (Wildman–Crippen MR) is 75.9 cm³/mol. The highest BCUT2D eigenvalue weighted by Crippen LogP contribution is 2.19. The van der Waals surface area contributed by atoms with Gasteiger partial charge in [0, 0.05) is 0 Å². The van der Waals surface area contributed by atoms with Crippen LogP contribution in [0.1, 0.15) is 0 Å². The van der Waals surface area contributed by atoms with E-state index in [4.69, 9.17) is 0 Å². The van der Waals surface area contributed by atoms with Crippen LogP contribution in [0.25, 0.3) is 24.3 Å². The third kappa shape index (κ3) is 1.97. The van der Waals surface area contributed by atoms with Gasteiger partial charge in [-0.05, 0) is 45.1 Å². The van der Waals surface area contributed by atoms with Gasteiger partial charge in [0.1, 0.15) is 0 Å². The first kappa shape index (κ1) is 12.2. The molecular formula is C16H12O4. The Kier molecular flexibility index (Phi) is 2.64. The Balaban J connectivity index is 2.40. The second kappa shape index (κ2) is 4.35. The highest BCUT2D eigenvalue weighted by atomic mass is 16.3. The molecule has 3 rings (SSSR count). The zero-order valence-electron chi connectivity index (χ0n) is 10.4. The van der Waals surface area contributed by atoms with E-state index in [9.17, 15) is 20.4 Å². The lowest BCUT2D eigenvalue weighted by atomic mass is 10.1. The van der Waals surface area contributed by atoms with Crippen molar-refractivity contribution in [3.8, 4) is 23.0 Å². The van der Waals surface area contributed by atoms with Crippen LogP contribution in [-0.4, -0.2) is 20.4 Å². The molecule has 0 radical (unpaired) electrons. The summed E-state index contributed by atoms with van der Waals surface area (Å²) >= 11 is 0. The largest absolute Gasteiger partial charge is 0.504 e. The summed E-state index contributed by atoms with van der Waals surface area (Å²) in [5, 5.41) is 41.1. The Hall–Kier alpha value is -2.88. The topological polar surface area (TPSA) is 80.9 Å². The summed E-state index contributed by atoms with van der Waals surface area (Å²) in [6.07, 6.45) is 7.08. The summed E-state index contributed by atoms with van der Waals surface area (Å²) in [5.74, 6) is -0.736. The van der Waals surface area contributed by atoms with Crippen LogP contribution in [0.3, 0.4) is 0 Å². The molecule has 4 heteroatoms. The van der Waals surface area contributed by atoms with Crippen LogP contribution in [0.5, 0.6) is 23.0 Å². The number of phenolic OH excluding ortho intramolecular Hbond substituents is 4. The molecule has 4 nitrogen and oxygen atoms in total. The van der Waals surface area contributed by atoms with Gasteiger partial charge in [0.2, 0.25) is 0 Å². The summed E-state index contributed by atoms with van der Waals surface area (Å²) in [5.41, 5.74) is 0. The van der Waals surface area contributed by atoms with Crippen molar-refractivity contribution in [3.05, 3.63) is 45.1 Å². The molecule has 0 saturated carbocycles. The van der Waals surface area contributed by atoms with E-state index in [1.165, 1.54) is 24.3 Å². The minimum Gasteiger partial charge on any atom is -0.504 e. The Morgan fingerprint density at radius 3 is 0.800 bits per heavy atom. The maximum Gasteiger partial charge on any atom is 0.158 e. The van der Waals surface area contributed by atoms with Gasteiger partial charge in [-0.2, -0.15) is 0 Å². The van der Waals surface area contributed by atoms with E-state index in [1.807, 2.05) is 0 Å². The number of benzene rings is 2. The molecule has 0 saturated heterocycles. The number of phenols is 4. The fraction of sp³-hybridized carbons (Fsp3) is 0. The molecule has 1 aliphatic rings. The Morgan fingerprint density at radius 1 is 0.400 bits per heavy atom. The van der Waals surface area contributed by atoms with Crippen LogP contribution >= 0.6 is 0 Å². The molecule has 0 fully saturated rings. The number of rotatable bonds is 0. The van der Waals surface area contributed by atoms with Crippen LogP contribution in [0.4, 0.5) is 0 Å². The lowest BCUT2D eigenvalue weighted by Crippen LogP contribution is -2.29. The second-order valence-corrected chi connectivity index (χ2v) is 4.61. The minimum absolute atomic E-state index is 0.184. The van der Waals surface area contributed by atoms with Crippen molar-refractivity contribution in [1.82, 2.24) is 0 Å². The van der Waals surface area contributed by atoms with Crippen molar-refractivity contribution in [2.75, 3.05) is 0 Å². The zero-order chi connectivity index (χ0) is 14.3. The quantitative estimate of drug-likeness (QED) is 0.478. The average molecular weight is 268 g/mol. The first-order valence-corrected chi connectivity index (χ1v) is 6.03. The van der Waals surface area contributed by atoms with Crippen LogP contribution in [0, 0.1) is 0 Å². The monoisotopic (exact) mass is 268 g/mol. The van der Waals surface area contributed by atoms with Crippen molar-refractivity contribution in [2.24, 2.45) is 0 Å². The normalized spacial score (nSPS) is 19.2. The molecule has 0 amide bonds. The zero-order valence-corrected chi connectivity index (χ0v) is 10.4. The molecule has 0 spiro atoms. The first-order chi connectivity index (χ1) is 9.54. The van der Waals surface area contributed by atoms with E-state index >= 15 is 0 Å². The van der Waals surface area contributed by atoms with Gasteiger partial charge in [-0.1, -0.05) is 24.3 Å². The number of hydrogen-bond donors (Lipinski definition) is 4. The third-order valence-corrected chi connectivity index (χ3v) is 3.25. The molecule has 0 aromatic heterocycles. The maximum atomic E-state index is 9.53. The summed E-state index contributed by atoms with van der Waals surface area (Å²) in [6.45, 7) is 0. The van der Waals surface area contributed by atoms with E-state index in [1.54, 1.807) is 24.3 Å². The predicted octanol–water partition coefficient (Wildman–Crippen LogP) is -0.655. The molecule has 2 aromatic rings. The van der Waals surface area contributed by atoms with Crippen LogP contribution < -0.4 is 20.9 Å². The van der Waals surface area contributed by atoms with Gasteiger partial charge in [-0.15, -0.1) is 0 Å². The minimum atomic E-state index is -0.184.